The Bertz CT molecular complexity index is 613. The Labute approximate surface area is 125 Å². The van der Waals surface area contributed by atoms with E-state index >= 15 is 0 Å². The van der Waals surface area contributed by atoms with Crippen LogP contribution in [0.4, 0.5) is 10.1 Å². The highest BCUT2D eigenvalue weighted by molar-refractivity contribution is 14.1. The van der Waals surface area contributed by atoms with E-state index in [-0.39, 0.29) is 11.7 Å². The summed E-state index contributed by atoms with van der Waals surface area (Å²) in [6, 6.07) is 12.1. The third-order valence-electron chi connectivity index (χ3n) is 2.65. The molecular formula is C15H13FINO. The molecular weight excluding hydrogens is 356 g/mol. The van der Waals surface area contributed by atoms with Gasteiger partial charge in [-0.2, -0.15) is 0 Å². The lowest BCUT2D eigenvalue weighted by Gasteiger charge is -2.08. The van der Waals surface area contributed by atoms with Crippen molar-refractivity contribution < 1.29 is 9.18 Å². The van der Waals surface area contributed by atoms with Gasteiger partial charge in [0.2, 0.25) is 5.91 Å². The van der Waals surface area contributed by atoms with Crippen molar-refractivity contribution in [2.45, 2.75) is 13.3 Å². The Morgan fingerprint density at radius 3 is 2.74 bits per heavy atom. The first-order valence-corrected chi connectivity index (χ1v) is 6.93. The highest BCUT2D eigenvalue weighted by atomic mass is 127. The zero-order valence-corrected chi connectivity index (χ0v) is 12.6. The highest BCUT2D eigenvalue weighted by Gasteiger charge is 2.07. The average Bonchev–Trinajstić information content (AvgIpc) is 2.33. The highest BCUT2D eigenvalue weighted by Crippen LogP contribution is 2.19. The molecule has 1 amide bonds. The molecule has 98 valence electrons. The summed E-state index contributed by atoms with van der Waals surface area (Å²) in [7, 11) is 0. The number of carbonyl (C=O) groups is 1. The minimum Gasteiger partial charge on any atom is -0.325 e. The number of nitrogens with one attached hydrogen (secondary N) is 1. The van der Waals surface area contributed by atoms with E-state index in [1.54, 1.807) is 6.07 Å². The topological polar surface area (TPSA) is 29.1 Å². The number of amides is 1. The Balaban J connectivity index is 2.05. The molecule has 0 aliphatic rings. The molecule has 0 atom stereocenters. The summed E-state index contributed by atoms with van der Waals surface area (Å²) < 4.78 is 13.6. The molecule has 2 aromatic carbocycles. The van der Waals surface area contributed by atoms with Crippen LogP contribution in [0.15, 0.2) is 42.5 Å². The van der Waals surface area contributed by atoms with E-state index in [1.807, 2.05) is 53.8 Å². The second-order valence-corrected chi connectivity index (χ2v) is 5.50. The molecule has 0 spiro atoms. The first kappa shape index (κ1) is 14.0. The molecule has 0 aromatic heterocycles. The van der Waals surface area contributed by atoms with Gasteiger partial charge in [-0.1, -0.05) is 29.8 Å². The molecule has 2 nitrogen and oxygen atoms in total. The molecule has 0 bridgehead atoms. The van der Waals surface area contributed by atoms with Crippen LogP contribution < -0.4 is 5.32 Å². The Hall–Kier alpha value is -1.43. The van der Waals surface area contributed by atoms with Gasteiger partial charge in [0.15, 0.2) is 0 Å². The molecule has 0 radical (unpaired) electrons. The lowest BCUT2D eigenvalue weighted by atomic mass is 10.1. The molecule has 0 fully saturated rings. The number of aryl methyl sites for hydroxylation is 1. The zero-order valence-electron chi connectivity index (χ0n) is 10.4. The molecule has 0 unspecified atom stereocenters. The lowest BCUT2D eigenvalue weighted by molar-refractivity contribution is -0.115. The third kappa shape index (κ3) is 4.02. The van der Waals surface area contributed by atoms with Crippen molar-refractivity contribution in [3.8, 4) is 0 Å². The molecule has 1 N–H and O–H groups in total. The van der Waals surface area contributed by atoms with E-state index < -0.39 is 0 Å². The van der Waals surface area contributed by atoms with Crippen LogP contribution >= 0.6 is 22.6 Å². The number of carbonyl (C=O) groups excluding carboxylic acids is 1. The van der Waals surface area contributed by atoms with E-state index in [2.05, 4.69) is 5.32 Å². The largest absolute Gasteiger partial charge is 0.325 e. The van der Waals surface area contributed by atoms with Crippen LogP contribution in [0.2, 0.25) is 0 Å². The normalized spacial score (nSPS) is 10.3. The molecule has 0 aliphatic carbocycles. The van der Waals surface area contributed by atoms with Crippen LogP contribution in [0, 0.1) is 16.3 Å². The number of hydrogen-bond acceptors (Lipinski definition) is 1. The van der Waals surface area contributed by atoms with Crippen LogP contribution in [0.1, 0.15) is 11.1 Å². The second kappa shape index (κ2) is 6.14. The molecule has 2 aromatic rings. The van der Waals surface area contributed by atoms with E-state index in [0.29, 0.717) is 15.7 Å². The van der Waals surface area contributed by atoms with Gasteiger partial charge in [-0.15, -0.1) is 0 Å². The van der Waals surface area contributed by atoms with E-state index in [1.165, 1.54) is 12.1 Å². The predicted octanol–water partition coefficient (Wildman–Crippen LogP) is 3.92. The predicted molar refractivity (Wildman–Crippen MR) is 82.6 cm³/mol. The van der Waals surface area contributed by atoms with Crippen molar-refractivity contribution in [3.63, 3.8) is 0 Å². The van der Waals surface area contributed by atoms with Crippen molar-refractivity contribution in [2.75, 3.05) is 5.32 Å². The minimum absolute atomic E-state index is 0.102. The first-order valence-electron chi connectivity index (χ1n) is 5.85. The van der Waals surface area contributed by atoms with Gasteiger partial charge in [0.05, 0.1) is 12.1 Å². The first-order chi connectivity index (χ1) is 9.04. The van der Waals surface area contributed by atoms with Crippen LogP contribution in [-0.2, 0) is 11.2 Å². The summed E-state index contributed by atoms with van der Waals surface area (Å²) in [5.74, 6) is -0.406. The van der Waals surface area contributed by atoms with Gasteiger partial charge < -0.3 is 5.32 Å². The molecule has 0 saturated heterocycles. The van der Waals surface area contributed by atoms with Crippen molar-refractivity contribution >= 4 is 34.2 Å². The Morgan fingerprint density at radius 2 is 2.05 bits per heavy atom. The third-order valence-corrected chi connectivity index (χ3v) is 3.54. The maximum atomic E-state index is 13.0. The SMILES string of the molecule is Cc1cccc(CC(=O)Nc2ccc(F)cc2I)c1. The zero-order chi connectivity index (χ0) is 13.8. The average molecular weight is 369 g/mol. The molecule has 19 heavy (non-hydrogen) atoms. The molecule has 0 heterocycles. The number of benzene rings is 2. The van der Waals surface area contributed by atoms with Crippen molar-refractivity contribution in [1.82, 2.24) is 0 Å². The van der Waals surface area contributed by atoms with Crippen molar-refractivity contribution in [2.24, 2.45) is 0 Å². The monoisotopic (exact) mass is 369 g/mol. The minimum atomic E-state index is -0.305. The quantitative estimate of drug-likeness (QED) is 0.817. The number of hydrogen-bond donors (Lipinski definition) is 1. The van der Waals surface area contributed by atoms with Gasteiger partial charge in [0.25, 0.3) is 0 Å². The van der Waals surface area contributed by atoms with Crippen LogP contribution in [0.5, 0.6) is 0 Å². The maximum Gasteiger partial charge on any atom is 0.228 e. The fourth-order valence-electron chi connectivity index (χ4n) is 1.79. The second-order valence-electron chi connectivity index (χ2n) is 4.34. The van der Waals surface area contributed by atoms with Gasteiger partial charge >= 0.3 is 0 Å². The number of anilines is 1. The van der Waals surface area contributed by atoms with Gasteiger partial charge in [-0.25, -0.2) is 4.39 Å². The number of rotatable bonds is 3. The standard InChI is InChI=1S/C15H13FINO/c1-10-3-2-4-11(7-10)8-15(19)18-14-6-5-12(16)9-13(14)17/h2-7,9H,8H2,1H3,(H,18,19). The van der Waals surface area contributed by atoms with Crippen molar-refractivity contribution in [3.05, 3.63) is 63.0 Å². The fraction of sp³-hybridized carbons (Fsp3) is 0.133. The Kier molecular flexibility index (Phi) is 4.52. The van der Waals surface area contributed by atoms with Crippen molar-refractivity contribution in [1.29, 1.82) is 0 Å². The summed E-state index contributed by atoms with van der Waals surface area (Å²) in [6.07, 6.45) is 0.315. The van der Waals surface area contributed by atoms with E-state index in [9.17, 15) is 9.18 Å². The molecule has 4 heteroatoms. The molecule has 0 saturated carbocycles. The fourth-order valence-corrected chi connectivity index (χ4v) is 2.40. The summed E-state index contributed by atoms with van der Waals surface area (Å²) >= 11 is 2.00. The molecule has 0 aliphatic heterocycles. The summed E-state index contributed by atoms with van der Waals surface area (Å²) in [5.41, 5.74) is 2.73. The van der Waals surface area contributed by atoms with Gasteiger partial charge in [-0.3, -0.25) is 4.79 Å². The summed E-state index contributed by atoms with van der Waals surface area (Å²) in [4.78, 5) is 11.9. The van der Waals surface area contributed by atoms with Gasteiger partial charge in [0, 0.05) is 3.57 Å². The van der Waals surface area contributed by atoms with Gasteiger partial charge in [-0.05, 0) is 53.3 Å². The van der Waals surface area contributed by atoms with Crippen LogP contribution in [0.25, 0.3) is 0 Å². The Morgan fingerprint density at radius 1 is 1.26 bits per heavy atom. The van der Waals surface area contributed by atoms with Crippen LogP contribution in [-0.4, -0.2) is 5.91 Å². The lowest BCUT2D eigenvalue weighted by Crippen LogP contribution is -2.15. The summed E-state index contributed by atoms with van der Waals surface area (Å²) in [5, 5.41) is 2.79. The smallest absolute Gasteiger partial charge is 0.228 e. The summed E-state index contributed by atoms with van der Waals surface area (Å²) in [6.45, 7) is 1.99. The van der Waals surface area contributed by atoms with E-state index in [4.69, 9.17) is 0 Å². The number of halogens is 2. The van der Waals surface area contributed by atoms with Gasteiger partial charge in [0.1, 0.15) is 5.82 Å². The van der Waals surface area contributed by atoms with Crippen LogP contribution in [0.3, 0.4) is 0 Å². The van der Waals surface area contributed by atoms with E-state index in [0.717, 1.165) is 11.1 Å². The maximum absolute atomic E-state index is 13.0. The molecule has 2 rings (SSSR count).